The van der Waals surface area contributed by atoms with Gasteiger partial charge in [0.1, 0.15) is 24.4 Å². The average Bonchev–Trinajstić information content (AvgIpc) is 3.07. The first-order valence-corrected chi connectivity index (χ1v) is 12.7. The van der Waals surface area contributed by atoms with Gasteiger partial charge < -0.3 is 29.9 Å². The summed E-state index contributed by atoms with van der Waals surface area (Å²) in [5, 5.41) is 39.9. The molecule has 5 rings (SSSR count). The number of carbonyl (C=O) groups excluding carboxylic acids is 1. The number of aliphatic hydroxyl groups excluding tert-OH is 4. The predicted octanol–water partition coefficient (Wildman–Crippen LogP) is 2.13. The lowest BCUT2D eigenvalue weighted by Gasteiger charge is -2.63. The molecular formula is C25H40O7. The summed E-state index contributed by atoms with van der Waals surface area (Å²) in [5.74, 6) is 1.38. The molecule has 4 N–H and O–H groups in total. The summed E-state index contributed by atoms with van der Waals surface area (Å²) in [5.41, 5.74) is -0.106. The van der Waals surface area contributed by atoms with E-state index in [1.165, 1.54) is 38.5 Å². The normalized spacial score (nSPS) is 55.1. The molecule has 32 heavy (non-hydrogen) atoms. The van der Waals surface area contributed by atoms with Crippen molar-refractivity contribution in [3.8, 4) is 0 Å². The highest BCUT2D eigenvalue weighted by Gasteiger charge is 2.65. The minimum absolute atomic E-state index is 0.106. The Kier molecular flexibility index (Phi) is 5.69. The Hall–Kier alpha value is -0.730. The molecule has 1 spiro atoms. The van der Waals surface area contributed by atoms with Crippen molar-refractivity contribution in [1.29, 1.82) is 0 Å². The zero-order valence-electron chi connectivity index (χ0n) is 19.4. The lowest BCUT2D eigenvalue weighted by molar-refractivity contribution is -0.298. The van der Waals surface area contributed by atoms with Gasteiger partial charge in [0.25, 0.3) is 0 Å². The molecule has 1 heterocycles. The van der Waals surface area contributed by atoms with Crippen LogP contribution >= 0.6 is 0 Å². The van der Waals surface area contributed by atoms with Crippen molar-refractivity contribution in [2.45, 2.75) is 109 Å². The van der Waals surface area contributed by atoms with E-state index in [2.05, 4.69) is 6.92 Å². The summed E-state index contributed by atoms with van der Waals surface area (Å²) in [6.45, 7) is 3.89. The third-order valence-electron chi connectivity index (χ3n) is 10.6. The number of aliphatic hydroxyl groups is 4. The van der Waals surface area contributed by atoms with Crippen LogP contribution in [0.2, 0.25) is 0 Å². The van der Waals surface area contributed by atoms with E-state index in [0.29, 0.717) is 11.3 Å². The largest absolute Gasteiger partial charge is 0.432 e. The van der Waals surface area contributed by atoms with Crippen LogP contribution < -0.4 is 0 Å². The molecule has 0 aromatic rings. The van der Waals surface area contributed by atoms with Gasteiger partial charge in [0.05, 0.1) is 12.0 Å². The van der Waals surface area contributed by atoms with Gasteiger partial charge in [-0.15, -0.1) is 0 Å². The second kappa shape index (κ2) is 7.91. The van der Waals surface area contributed by atoms with Crippen LogP contribution in [-0.2, 0) is 14.3 Å². The van der Waals surface area contributed by atoms with Crippen LogP contribution in [0.25, 0.3) is 0 Å². The lowest BCUT2D eigenvalue weighted by atomic mass is 9.41. The zero-order chi connectivity index (χ0) is 22.9. The van der Waals surface area contributed by atoms with E-state index in [1.807, 2.05) is 6.92 Å². The number of rotatable bonds is 3. The molecule has 4 aliphatic carbocycles. The van der Waals surface area contributed by atoms with Gasteiger partial charge in [-0.2, -0.15) is 0 Å². The summed E-state index contributed by atoms with van der Waals surface area (Å²) in [7, 11) is 0. The summed E-state index contributed by atoms with van der Waals surface area (Å²) < 4.78 is 11.2. The summed E-state index contributed by atoms with van der Waals surface area (Å²) in [6.07, 6.45) is 4.71. The molecule has 182 valence electrons. The van der Waals surface area contributed by atoms with Crippen LogP contribution in [0.3, 0.4) is 0 Å². The monoisotopic (exact) mass is 452 g/mol. The number of ether oxygens (including phenoxy) is 2. The Morgan fingerprint density at radius 1 is 0.938 bits per heavy atom. The number of hydrogen-bond acceptors (Lipinski definition) is 7. The van der Waals surface area contributed by atoms with Gasteiger partial charge in [0.15, 0.2) is 0 Å². The fraction of sp³-hybridized carbons (Fsp3) is 0.960. The molecule has 1 unspecified atom stereocenters. The molecular weight excluding hydrogens is 412 g/mol. The fourth-order valence-corrected chi connectivity index (χ4v) is 9.03. The van der Waals surface area contributed by atoms with Crippen LogP contribution in [0.1, 0.15) is 78.1 Å². The predicted molar refractivity (Wildman–Crippen MR) is 115 cm³/mol. The Morgan fingerprint density at radius 3 is 2.44 bits per heavy atom. The Bertz CT molecular complexity index is 742. The maximum Gasteiger partial charge on any atom is 0.314 e. The molecule has 5 fully saturated rings. The van der Waals surface area contributed by atoms with Crippen LogP contribution in [0, 0.1) is 34.0 Å². The molecule has 7 heteroatoms. The van der Waals surface area contributed by atoms with Crippen LogP contribution in [-0.4, -0.2) is 63.7 Å². The summed E-state index contributed by atoms with van der Waals surface area (Å²) in [4.78, 5) is 13.6. The SMILES string of the molecule is CC1(C(=O)O[C@@H]2O[C@H](CO)[C@@H](O)[C@H](O)[C@H]2O)CCC[C@@]2(C)[C@H]1CC[C@@]13CC[C@H](CC[C@@H]12)C3. The van der Waals surface area contributed by atoms with E-state index in [9.17, 15) is 25.2 Å². The van der Waals surface area contributed by atoms with E-state index in [4.69, 9.17) is 9.47 Å². The molecule has 0 amide bonds. The molecule has 7 nitrogen and oxygen atoms in total. The molecule has 2 bridgehead atoms. The number of fused-ring (bicyclic) bond motifs is 3. The highest BCUT2D eigenvalue weighted by molar-refractivity contribution is 5.77. The van der Waals surface area contributed by atoms with Gasteiger partial charge in [-0.05, 0) is 86.9 Å². The summed E-state index contributed by atoms with van der Waals surface area (Å²) >= 11 is 0. The molecule has 0 radical (unpaired) electrons. The smallest absolute Gasteiger partial charge is 0.314 e. The second-order valence-electron chi connectivity index (χ2n) is 12.1. The number of hydrogen-bond donors (Lipinski definition) is 4. The van der Waals surface area contributed by atoms with Crippen molar-refractivity contribution in [3.05, 3.63) is 0 Å². The highest BCUT2D eigenvalue weighted by Crippen LogP contribution is 2.71. The Labute approximate surface area is 190 Å². The van der Waals surface area contributed by atoms with Crippen molar-refractivity contribution < 1.29 is 34.7 Å². The average molecular weight is 453 g/mol. The molecule has 0 aromatic carbocycles. The van der Waals surface area contributed by atoms with Gasteiger partial charge in [0, 0.05) is 0 Å². The third-order valence-corrected chi connectivity index (χ3v) is 10.6. The first-order valence-electron chi connectivity index (χ1n) is 12.7. The van der Waals surface area contributed by atoms with Gasteiger partial charge in [-0.1, -0.05) is 19.8 Å². The van der Waals surface area contributed by atoms with Gasteiger partial charge in [-0.25, -0.2) is 0 Å². The van der Waals surface area contributed by atoms with Crippen molar-refractivity contribution in [3.63, 3.8) is 0 Å². The standard InChI is InChI=1S/C25H40O7/c1-23-8-3-9-24(2,16(23)7-11-25-10-6-14(12-25)4-5-17(23)25)22(30)32-21-20(29)19(28)18(27)15(13-26)31-21/h14-21,26-29H,3-13H2,1-2H3/t14-,15+,16+,17+,18+,19-,20+,21-,23-,24?,25+/m0/s1. The van der Waals surface area contributed by atoms with Crippen molar-refractivity contribution >= 4 is 5.97 Å². The fourth-order valence-electron chi connectivity index (χ4n) is 9.03. The zero-order valence-corrected chi connectivity index (χ0v) is 19.4. The maximum atomic E-state index is 13.6. The van der Waals surface area contributed by atoms with Crippen LogP contribution in [0.15, 0.2) is 0 Å². The lowest BCUT2D eigenvalue weighted by Crippen LogP contribution is -2.61. The molecule has 1 aliphatic heterocycles. The van der Waals surface area contributed by atoms with E-state index in [-0.39, 0.29) is 11.3 Å². The van der Waals surface area contributed by atoms with Gasteiger partial charge in [-0.3, -0.25) is 4.79 Å². The molecule has 11 atom stereocenters. The van der Waals surface area contributed by atoms with Crippen LogP contribution in [0.4, 0.5) is 0 Å². The first-order chi connectivity index (χ1) is 15.1. The van der Waals surface area contributed by atoms with Crippen molar-refractivity contribution in [2.75, 3.05) is 6.61 Å². The number of carbonyl (C=O) groups is 1. The maximum absolute atomic E-state index is 13.6. The van der Waals surface area contributed by atoms with E-state index in [0.717, 1.165) is 31.6 Å². The molecule has 1 saturated heterocycles. The highest BCUT2D eigenvalue weighted by atomic mass is 16.7. The molecule has 5 aliphatic rings. The Balaban J connectivity index is 1.37. The molecule has 4 saturated carbocycles. The third kappa shape index (κ3) is 3.22. The second-order valence-corrected chi connectivity index (χ2v) is 12.1. The van der Waals surface area contributed by atoms with E-state index >= 15 is 0 Å². The summed E-state index contributed by atoms with van der Waals surface area (Å²) in [6, 6.07) is 0. The van der Waals surface area contributed by atoms with Gasteiger partial charge >= 0.3 is 5.97 Å². The Morgan fingerprint density at radius 2 is 1.69 bits per heavy atom. The van der Waals surface area contributed by atoms with Crippen LogP contribution in [0.5, 0.6) is 0 Å². The molecule has 0 aromatic heterocycles. The van der Waals surface area contributed by atoms with Gasteiger partial charge in [0.2, 0.25) is 6.29 Å². The van der Waals surface area contributed by atoms with E-state index < -0.39 is 48.7 Å². The van der Waals surface area contributed by atoms with E-state index in [1.54, 1.807) is 0 Å². The first kappa shape index (κ1) is 23.0. The quantitative estimate of drug-likeness (QED) is 0.485. The van der Waals surface area contributed by atoms with Crippen molar-refractivity contribution in [2.24, 2.45) is 34.0 Å². The minimum atomic E-state index is -1.56. The minimum Gasteiger partial charge on any atom is -0.432 e. The topological polar surface area (TPSA) is 116 Å². The van der Waals surface area contributed by atoms with Crippen molar-refractivity contribution in [1.82, 2.24) is 0 Å². The number of esters is 1.